The molecule has 1 saturated heterocycles. The van der Waals surface area contributed by atoms with Gasteiger partial charge in [-0.2, -0.15) is 0 Å². The molecule has 2 fully saturated rings. The number of carboxylic acids is 1. The zero-order valence-electron chi connectivity index (χ0n) is 9.63. The second-order valence-electron chi connectivity index (χ2n) is 5.00. The highest BCUT2D eigenvalue weighted by atomic mass is 32.1. The quantitative estimate of drug-likeness (QED) is 0.892. The lowest BCUT2D eigenvalue weighted by atomic mass is 10.1. The molecular weight excluding hydrogens is 236 g/mol. The van der Waals surface area contributed by atoms with Crippen molar-refractivity contribution in [1.29, 1.82) is 0 Å². The van der Waals surface area contributed by atoms with Crippen LogP contribution in [0.25, 0.3) is 0 Å². The Bertz CT molecular complexity index is 432. The average molecular weight is 252 g/mol. The molecule has 0 aromatic carbocycles. The summed E-state index contributed by atoms with van der Waals surface area (Å²) in [7, 11) is 0. The van der Waals surface area contributed by atoms with Crippen molar-refractivity contribution >= 4 is 22.4 Å². The fourth-order valence-electron chi connectivity index (χ4n) is 2.94. The van der Waals surface area contributed by atoms with E-state index < -0.39 is 5.97 Å². The zero-order valence-corrected chi connectivity index (χ0v) is 10.4. The highest BCUT2D eigenvalue weighted by Crippen LogP contribution is 2.41. The number of piperidine rings is 1. The molecule has 2 unspecified atom stereocenters. The molecule has 0 radical (unpaired) electrons. The van der Waals surface area contributed by atoms with Crippen molar-refractivity contribution in [3.05, 3.63) is 11.1 Å². The third-order valence-electron chi connectivity index (χ3n) is 3.79. The number of anilines is 1. The number of carbonyl (C=O) groups is 1. The van der Waals surface area contributed by atoms with Crippen LogP contribution in [0.5, 0.6) is 0 Å². The summed E-state index contributed by atoms with van der Waals surface area (Å²) < 4.78 is 0. The number of aryl methyl sites for hydroxylation is 1. The Morgan fingerprint density at radius 2 is 2.47 bits per heavy atom. The van der Waals surface area contributed by atoms with Crippen LogP contribution in [0, 0.1) is 5.92 Å². The van der Waals surface area contributed by atoms with E-state index in [1.807, 2.05) is 5.38 Å². The first-order valence-corrected chi connectivity index (χ1v) is 7.03. The molecule has 1 aromatic rings. The zero-order chi connectivity index (χ0) is 11.8. The predicted octanol–water partition coefficient (Wildman–Crippen LogP) is 2.15. The number of fused-ring (bicyclic) bond motifs is 2. The highest BCUT2D eigenvalue weighted by molar-refractivity contribution is 7.13. The van der Waals surface area contributed by atoms with Gasteiger partial charge in [-0.15, -0.1) is 11.3 Å². The molecule has 92 valence electrons. The van der Waals surface area contributed by atoms with Gasteiger partial charge in [0.2, 0.25) is 0 Å². The second kappa shape index (κ2) is 4.29. The van der Waals surface area contributed by atoms with E-state index in [4.69, 9.17) is 5.11 Å². The summed E-state index contributed by atoms with van der Waals surface area (Å²) in [5, 5.41) is 11.7. The number of aromatic nitrogens is 1. The summed E-state index contributed by atoms with van der Waals surface area (Å²) in [4.78, 5) is 17.5. The van der Waals surface area contributed by atoms with Crippen molar-refractivity contribution in [3.63, 3.8) is 0 Å². The second-order valence-corrected chi connectivity index (χ2v) is 5.84. The molecule has 1 aromatic heterocycles. The Morgan fingerprint density at radius 1 is 1.59 bits per heavy atom. The van der Waals surface area contributed by atoms with Gasteiger partial charge in [-0.05, 0) is 25.2 Å². The van der Waals surface area contributed by atoms with E-state index in [9.17, 15) is 4.79 Å². The summed E-state index contributed by atoms with van der Waals surface area (Å²) >= 11 is 1.66. The molecule has 5 heteroatoms. The van der Waals surface area contributed by atoms with Crippen LogP contribution >= 0.6 is 11.3 Å². The van der Waals surface area contributed by atoms with Crippen molar-refractivity contribution in [1.82, 2.24) is 4.98 Å². The number of hydrogen-bond donors (Lipinski definition) is 1. The maximum absolute atomic E-state index is 10.5. The molecular formula is C12H16N2O2S. The summed E-state index contributed by atoms with van der Waals surface area (Å²) in [6.45, 7) is 1.15. The maximum Gasteiger partial charge on any atom is 0.303 e. The Balaban J connectivity index is 1.66. The first-order chi connectivity index (χ1) is 8.22. The van der Waals surface area contributed by atoms with Crippen molar-refractivity contribution in [2.24, 2.45) is 5.92 Å². The Hall–Kier alpha value is -1.10. The first-order valence-electron chi connectivity index (χ1n) is 6.15. The Morgan fingerprint density at radius 3 is 3.12 bits per heavy atom. The number of rotatable bonds is 4. The van der Waals surface area contributed by atoms with Crippen LogP contribution in [0.1, 0.15) is 31.4 Å². The number of nitrogens with zero attached hydrogens (tertiary/aromatic N) is 2. The van der Waals surface area contributed by atoms with Gasteiger partial charge in [0.15, 0.2) is 5.13 Å². The van der Waals surface area contributed by atoms with Crippen molar-refractivity contribution in [2.75, 3.05) is 11.4 Å². The lowest BCUT2D eigenvalue weighted by Gasteiger charge is -2.26. The molecule has 2 bridgehead atoms. The first kappa shape index (κ1) is 11.0. The van der Waals surface area contributed by atoms with Gasteiger partial charge in [0.1, 0.15) is 0 Å². The van der Waals surface area contributed by atoms with E-state index >= 15 is 0 Å². The minimum Gasteiger partial charge on any atom is -0.481 e. The summed E-state index contributed by atoms with van der Waals surface area (Å²) in [6, 6.07) is 0.693. The topological polar surface area (TPSA) is 53.4 Å². The molecule has 1 aliphatic carbocycles. The van der Waals surface area contributed by atoms with Crippen molar-refractivity contribution in [3.8, 4) is 0 Å². The largest absolute Gasteiger partial charge is 0.481 e. The lowest BCUT2D eigenvalue weighted by Crippen LogP contribution is -2.31. The highest BCUT2D eigenvalue weighted by Gasteiger charge is 2.38. The van der Waals surface area contributed by atoms with E-state index in [1.54, 1.807) is 11.3 Å². The summed E-state index contributed by atoms with van der Waals surface area (Å²) in [6.07, 6.45) is 4.72. The molecule has 4 nitrogen and oxygen atoms in total. The van der Waals surface area contributed by atoms with Crippen molar-refractivity contribution in [2.45, 2.75) is 38.1 Å². The van der Waals surface area contributed by atoms with E-state index in [-0.39, 0.29) is 6.42 Å². The monoisotopic (exact) mass is 252 g/mol. The van der Waals surface area contributed by atoms with Crippen LogP contribution in [-0.4, -0.2) is 28.6 Å². The number of thiazole rings is 1. The Labute approximate surface area is 104 Å². The number of aliphatic carboxylic acids is 1. The molecule has 2 atom stereocenters. The fourth-order valence-corrected chi connectivity index (χ4v) is 3.88. The van der Waals surface area contributed by atoms with Crippen LogP contribution in [0.3, 0.4) is 0 Å². The van der Waals surface area contributed by atoms with E-state index in [0.29, 0.717) is 12.5 Å². The van der Waals surface area contributed by atoms with Gasteiger partial charge in [0.05, 0.1) is 12.1 Å². The maximum atomic E-state index is 10.5. The normalized spacial score (nSPS) is 26.7. The van der Waals surface area contributed by atoms with Gasteiger partial charge in [-0.3, -0.25) is 4.79 Å². The molecule has 2 heterocycles. The molecule has 1 aliphatic heterocycles. The molecule has 17 heavy (non-hydrogen) atoms. The minimum absolute atomic E-state index is 0.176. The lowest BCUT2D eigenvalue weighted by molar-refractivity contribution is -0.136. The summed E-state index contributed by atoms with van der Waals surface area (Å²) in [5.74, 6) is 0.117. The van der Waals surface area contributed by atoms with Crippen LogP contribution in [0.4, 0.5) is 5.13 Å². The minimum atomic E-state index is -0.750. The van der Waals surface area contributed by atoms with Crippen LogP contribution < -0.4 is 4.90 Å². The summed E-state index contributed by atoms with van der Waals surface area (Å²) in [5.41, 5.74) is 0.926. The number of hydrogen-bond acceptors (Lipinski definition) is 4. The third-order valence-corrected chi connectivity index (χ3v) is 4.72. The molecule has 1 N–H and O–H groups in total. The van der Waals surface area contributed by atoms with Gasteiger partial charge in [-0.1, -0.05) is 0 Å². The Kier molecular flexibility index (Phi) is 2.78. The van der Waals surface area contributed by atoms with Crippen LogP contribution in [0.2, 0.25) is 0 Å². The van der Waals surface area contributed by atoms with Crippen LogP contribution in [0.15, 0.2) is 5.38 Å². The smallest absolute Gasteiger partial charge is 0.303 e. The fraction of sp³-hybridized carbons (Fsp3) is 0.667. The van der Waals surface area contributed by atoms with E-state index in [0.717, 1.165) is 23.3 Å². The van der Waals surface area contributed by atoms with Crippen molar-refractivity contribution < 1.29 is 9.90 Å². The standard InChI is InChI=1S/C12H16N2O2S/c15-11(16)4-2-9-7-17-12(13-9)14-6-8-1-3-10(14)5-8/h7-8,10H,1-6H2,(H,15,16). The SMILES string of the molecule is O=C(O)CCc1csc(N2CC3CCC2C3)n1. The third kappa shape index (κ3) is 2.16. The van der Waals surface area contributed by atoms with Gasteiger partial charge in [0.25, 0.3) is 0 Å². The molecule has 2 aliphatic rings. The molecule has 3 rings (SSSR count). The predicted molar refractivity (Wildman–Crippen MR) is 66.5 cm³/mol. The van der Waals surface area contributed by atoms with Gasteiger partial charge in [-0.25, -0.2) is 4.98 Å². The molecule has 1 saturated carbocycles. The molecule has 0 amide bonds. The van der Waals surface area contributed by atoms with Gasteiger partial charge in [0, 0.05) is 24.4 Å². The van der Waals surface area contributed by atoms with Gasteiger partial charge >= 0.3 is 5.97 Å². The average Bonchev–Trinajstić information content (AvgIpc) is 3.01. The molecule has 0 spiro atoms. The van der Waals surface area contributed by atoms with E-state index in [1.165, 1.54) is 19.3 Å². The van der Waals surface area contributed by atoms with Crippen LogP contribution in [-0.2, 0) is 11.2 Å². The number of carboxylic acid groups (broad SMARTS) is 1. The van der Waals surface area contributed by atoms with E-state index in [2.05, 4.69) is 9.88 Å². The van der Waals surface area contributed by atoms with Gasteiger partial charge < -0.3 is 10.0 Å².